The van der Waals surface area contributed by atoms with Gasteiger partial charge in [-0.1, -0.05) is 42.3 Å². The zero-order valence-corrected chi connectivity index (χ0v) is 15.8. The van der Waals surface area contributed by atoms with Gasteiger partial charge in [0.15, 0.2) is 6.61 Å². The molecule has 0 aromatic heterocycles. The molecule has 0 bridgehead atoms. The number of halogens is 2. The van der Waals surface area contributed by atoms with Gasteiger partial charge in [0.1, 0.15) is 5.75 Å². The molecule has 1 amide bonds. The van der Waals surface area contributed by atoms with Crippen molar-refractivity contribution in [1.29, 1.82) is 5.26 Å². The van der Waals surface area contributed by atoms with Crippen molar-refractivity contribution in [2.45, 2.75) is 23.5 Å². The molecule has 0 saturated heterocycles. The van der Waals surface area contributed by atoms with Crippen LogP contribution in [0.15, 0.2) is 47.4 Å². The molecule has 25 heavy (non-hydrogen) atoms. The normalized spacial score (nSPS) is 11.4. The minimum absolute atomic E-state index is 0.135. The maximum atomic E-state index is 12.1. The maximum Gasteiger partial charge on any atom is 0.262 e. The second-order valence-corrected chi connectivity index (χ2v) is 7.49. The Morgan fingerprint density at radius 1 is 1.28 bits per heavy atom. The van der Waals surface area contributed by atoms with Crippen LogP contribution in [0.2, 0.25) is 10.0 Å². The van der Waals surface area contributed by atoms with Crippen LogP contribution in [0.4, 0.5) is 5.69 Å². The molecule has 0 heterocycles. The Bertz CT molecular complexity index is 793. The second-order valence-electron chi connectivity index (χ2n) is 5.20. The van der Waals surface area contributed by atoms with Gasteiger partial charge in [-0.3, -0.25) is 4.79 Å². The van der Waals surface area contributed by atoms with Crippen molar-refractivity contribution < 1.29 is 9.53 Å². The molecule has 2 rings (SSSR count). The summed E-state index contributed by atoms with van der Waals surface area (Å²) < 4.78 is 5.43. The Morgan fingerprint density at radius 3 is 2.76 bits per heavy atom. The highest BCUT2D eigenvalue weighted by Gasteiger charge is 2.11. The number of carbonyl (C=O) groups excluding carboxylic acids is 1. The first kappa shape index (κ1) is 19.5. The Kier molecular flexibility index (Phi) is 7.45. The number of para-hydroxylation sites is 1. The Labute approximate surface area is 161 Å². The summed E-state index contributed by atoms with van der Waals surface area (Å²) in [6.45, 7) is 1.82. The predicted octanol–water partition coefficient (Wildman–Crippen LogP) is 5.41. The van der Waals surface area contributed by atoms with E-state index in [1.54, 1.807) is 30.0 Å². The molecule has 7 heteroatoms. The molecule has 130 valence electrons. The number of carbonyl (C=O) groups is 1. The minimum atomic E-state index is -0.285. The van der Waals surface area contributed by atoms with E-state index in [0.717, 1.165) is 4.90 Å². The van der Waals surface area contributed by atoms with Gasteiger partial charge in [-0.15, -0.1) is 11.8 Å². The van der Waals surface area contributed by atoms with E-state index in [1.165, 1.54) is 0 Å². The number of hydrogen-bond donors (Lipinski definition) is 1. The van der Waals surface area contributed by atoms with Gasteiger partial charge < -0.3 is 10.1 Å². The van der Waals surface area contributed by atoms with Gasteiger partial charge in [-0.05, 0) is 24.3 Å². The molecule has 1 N–H and O–H groups in total. The number of nitriles is 1. The summed E-state index contributed by atoms with van der Waals surface area (Å²) >= 11 is 13.3. The fourth-order valence-corrected chi connectivity index (χ4v) is 3.24. The number of benzene rings is 2. The van der Waals surface area contributed by atoms with Crippen LogP contribution in [0.3, 0.4) is 0 Å². The molecule has 0 radical (unpaired) electrons. The van der Waals surface area contributed by atoms with Crippen LogP contribution in [-0.4, -0.2) is 17.8 Å². The molecule has 0 aliphatic heterocycles. The third-order valence-electron chi connectivity index (χ3n) is 3.13. The highest BCUT2D eigenvalue weighted by atomic mass is 35.5. The highest BCUT2D eigenvalue weighted by molar-refractivity contribution is 8.00. The van der Waals surface area contributed by atoms with Gasteiger partial charge in [-0.2, -0.15) is 5.26 Å². The Hall–Kier alpha value is -1.87. The fraction of sp³-hybridized carbons (Fsp3) is 0.222. The fourth-order valence-electron chi connectivity index (χ4n) is 1.96. The van der Waals surface area contributed by atoms with Crippen molar-refractivity contribution in [3.8, 4) is 11.8 Å². The standard InChI is InChI=1S/C18H16Cl2N2O2S/c1-12(8-9-21)25-17-5-3-2-4-16(17)22-18(23)11-24-13-6-7-14(19)15(20)10-13/h2-7,10,12H,8,11H2,1H3,(H,22,23)/t12-/m1/s1. The largest absolute Gasteiger partial charge is 0.484 e. The maximum absolute atomic E-state index is 12.1. The lowest BCUT2D eigenvalue weighted by Gasteiger charge is -2.13. The first-order valence-electron chi connectivity index (χ1n) is 7.50. The lowest BCUT2D eigenvalue weighted by molar-refractivity contribution is -0.118. The molecule has 0 saturated carbocycles. The van der Waals surface area contributed by atoms with Crippen molar-refractivity contribution >= 4 is 46.6 Å². The molecular weight excluding hydrogens is 379 g/mol. The van der Waals surface area contributed by atoms with E-state index in [4.69, 9.17) is 33.2 Å². The molecule has 4 nitrogen and oxygen atoms in total. The lowest BCUT2D eigenvalue weighted by atomic mass is 10.3. The van der Waals surface area contributed by atoms with Gasteiger partial charge in [0.25, 0.3) is 5.91 Å². The number of nitrogens with zero attached hydrogens (tertiary/aromatic N) is 1. The van der Waals surface area contributed by atoms with Gasteiger partial charge in [-0.25, -0.2) is 0 Å². The van der Waals surface area contributed by atoms with E-state index in [-0.39, 0.29) is 17.8 Å². The lowest BCUT2D eigenvalue weighted by Crippen LogP contribution is -2.20. The zero-order valence-electron chi connectivity index (χ0n) is 13.5. The summed E-state index contributed by atoms with van der Waals surface area (Å²) in [6, 6.07) is 14.4. The number of nitrogens with one attached hydrogen (secondary N) is 1. The smallest absolute Gasteiger partial charge is 0.262 e. The predicted molar refractivity (Wildman–Crippen MR) is 103 cm³/mol. The van der Waals surface area contributed by atoms with Crippen molar-refractivity contribution in [2.75, 3.05) is 11.9 Å². The molecule has 0 aliphatic carbocycles. The monoisotopic (exact) mass is 394 g/mol. The van der Waals surface area contributed by atoms with Crippen molar-refractivity contribution in [3.63, 3.8) is 0 Å². The van der Waals surface area contributed by atoms with Crippen LogP contribution in [0, 0.1) is 11.3 Å². The van der Waals surface area contributed by atoms with Crippen LogP contribution in [0.25, 0.3) is 0 Å². The van der Waals surface area contributed by atoms with Crippen molar-refractivity contribution in [3.05, 3.63) is 52.5 Å². The average Bonchev–Trinajstić information content (AvgIpc) is 2.58. The van der Waals surface area contributed by atoms with E-state index in [2.05, 4.69) is 11.4 Å². The third-order valence-corrected chi connectivity index (χ3v) is 5.05. The van der Waals surface area contributed by atoms with Crippen LogP contribution in [-0.2, 0) is 4.79 Å². The third kappa shape index (κ3) is 6.17. The number of anilines is 1. The van der Waals surface area contributed by atoms with Crippen molar-refractivity contribution in [1.82, 2.24) is 0 Å². The first-order chi connectivity index (χ1) is 12.0. The SMILES string of the molecule is C[C@H](CC#N)Sc1ccccc1NC(=O)COc1ccc(Cl)c(Cl)c1. The summed E-state index contributed by atoms with van der Waals surface area (Å²) in [5, 5.41) is 12.5. The van der Waals surface area contributed by atoms with Gasteiger partial charge in [0.2, 0.25) is 0 Å². The molecule has 0 spiro atoms. The van der Waals surface area contributed by atoms with Crippen molar-refractivity contribution in [2.24, 2.45) is 0 Å². The number of ether oxygens (including phenoxy) is 1. The highest BCUT2D eigenvalue weighted by Crippen LogP contribution is 2.31. The Morgan fingerprint density at radius 2 is 2.04 bits per heavy atom. The summed E-state index contributed by atoms with van der Waals surface area (Å²) in [5.41, 5.74) is 0.694. The van der Waals surface area contributed by atoms with E-state index in [9.17, 15) is 4.79 Å². The summed E-state index contributed by atoms with van der Waals surface area (Å²) in [6.07, 6.45) is 0.438. The van der Waals surface area contributed by atoms with E-state index < -0.39 is 0 Å². The quantitative estimate of drug-likeness (QED) is 0.637. The number of hydrogen-bond acceptors (Lipinski definition) is 4. The number of amides is 1. The van der Waals surface area contributed by atoms with Gasteiger partial charge >= 0.3 is 0 Å². The van der Waals surface area contributed by atoms with E-state index in [1.807, 2.05) is 31.2 Å². The molecule has 0 fully saturated rings. The number of thioether (sulfide) groups is 1. The molecule has 2 aromatic carbocycles. The number of rotatable bonds is 7. The van der Waals surface area contributed by atoms with Crippen LogP contribution >= 0.6 is 35.0 Å². The van der Waals surface area contributed by atoms with Gasteiger partial charge in [0.05, 0.1) is 21.8 Å². The molecule has 0 unspecified atom stereocenters. The summed E-state index contributed by atoms with van der Waals surface area (Å²) in [5.74, 6) is 0.182. The van der Waals surface area contributed by atoms with Gasteiger partial charge in [0, 0.05) is 22.6 Å². The van der Waals surface area contributed by atoms with Crippen LogP contribution < -0.4 is 10.1 Å². The molecule has 0 aliphatic rings. The minimum Gasteiger partial charge on any atom is -0.484 e. The van der Waals surface area contributed by atoms with E-state index in [0.29, 0.717) is 27.9 Å². The molecule has 1 atom stereocenters. The van der Waals surface area contributed by atoms with Crippen LogP contribution in [0.1, 0.15) is 13.3 Å². The van der Waals surface area contributed by atoms with Crippen LogP contribution in [0.5, 0.6) is 5.75 Å². The second kappa shape index (κ2) is 9.57. The zero-order chi connectivity index (χ0) is 18.2. The summed E-state index contributed by atoms with van der Waals surface area (Å²) in [7, 11) is 0. The topological polar surface area (TPSA) is 62.1 Å². The Balaban J connectivity index is 1.96. The average molecular weight is 395 g/mol. The van der Waals surface area contributed by atoms with E-state index >= 15 is 0 Å². The summed E-state index contributed by atoms with van der Waals surface area (Å²) in [4.78, 5) is 13.1. The molecule has 2 aromatic rings. The first-order valence-corrected chi connectivity index (χ1v) is 9.13. The molecular formula is C18H16Cl2N2O2S.